The van der Waals surface area contributed by atoms with Crippen molar-refractivity contribution >= 4 is 11.9 Å². The second-order valence-corrected chi connectivity index (χ2v) is 22.1. The molecule has 0 saturated carbocycles. The first-order valence-electron chi connectivity index (χ1n) is 32.2. The van der Waals surface area contributed by atoms with Crippen LogP contribution < -0.4 is 5.32 Å². The molecule has 0 bridgehead atoms. The van der Waals surface area contributed by atoms with E-state index in [1.807, 2.05) is 6.08 Å². The molecule has 452 valence electrons. The highest BCUT2D eigenvalue weighted by molar-refractivity contribution is 5.80. The number of hydrogen-bond acceptors (Lipinski definition) is 10. The van der Waals surface area contributed by atoms with E-state index in [1.54, 1.807) is 6.08 Å². The van der Waals surface area contributed by atoms with Gasteiger partial charge in [-0.05, 0) is 70.6 Å². The standard InChI is InChI=1S/C67H119NO10/c1-4-7-10-13-16-19-22-25-27-29-31-33-35-37-40-43-46-49-52-55-62(72)78-65-64(74)63(73)61(56-69)77-67(65)76-57-58(59(70)53-50-47-44-41-38-24-21-18-15-12-9-6-3)68-66(75)60(71)54-51-48-45-42-39-36-34-32-30-28-26-23-20-17-14-11-8-5-2/h7,10,16,19,25,27,31,33,37,40,50,53,58-61,63-65,67,69-71,73-74H,4-6,8-9,11-15,17-18,20-24,26,28-30,32,34-36,38-39,41-49,51-52,54-57H2,1-3H3,(H,68,75)/b10-7-,19-16-,27-25-,33-31-,40-37-,53-50+. The van der Waals surface area contributed by atoms with Crippen molar-refractivity contribution in [2.75, 3.05) is 13.2 Å². The molecule has 1 heterocycles. The fourth-order valence-corrected chi connectivity index (χ4v) is 9.80. The number of rotatable bonds is 54. The van der Waals surface area contributed by atoms with E-state index in [9.17, 15) is 35.1 Å². The molecule has 6 N–H and O–H groups in total. The number of ether oxygens (including phenoxy) is 3. The minimum absolute atomic E-state index is 0.0831. The molecule has 11 nitrogen and oxygen atoms in total. The van der Waals surface area contributed by atoms with E-state index in [1.165, 1.54) is 141 Å². The Kier molecular flexibility index (Phi) is 51.3. The number of aliphatic hydroxyl groups excluding tert-OH is 5. The van der Waals surface area contributed by atoms with Gasteiger partial charge in [-0.3, -0.25) is 9.59 Å². The van der Waals surface area contributed by atoms with E-state index in [-0.39, 0.29) is 19.4 Å². The first-order valence-corrected chi connectivity index (χ1v) is 32.2. The lowest BCUT2D eigenvalue weighted by atomic mass is 9.99. The lowest BCUT2D eigenvalue weighted by Gasteiger charge is -2.41. The van der Waals surface area contributed by atoms with Crippen LogP contribution in [0.15, 0.2) is 72.9 Å². The smallest absolute Gasteiger partial charge is 0.306 e. The quantitative estimate of drug-likeness (QED) is 0.0195. The van der Waals surface area contributed by atoms with Gasteiger partial charge in [-0.15, -0.1) is 0 Å². The highest BCUT2D eigenvalue weighted by atomic mass is 16.7. The predicted molar refractivity (Wildman–Crippen MR) is 324 cm³/mol. The highest BCUT2D eigenvalue weighted by Crippen LogP contribution is 2.26. The fourth-order valence-electron chi connectivity index (χ4n) is 9.80. The third-order valence-corrected chi connectivity index (χ3v) is 14.9. The molecular weight excluding hydrogens is 979 g/mol. The summed E-state index contributed by atoms with van der Waals surface area (Å²) in [5, 5.41) is 57.0. The van der Waals surface area contributed by atoms with Gasteiger partial charge in [0.05, 0.1) is 25.4 Å². The number of amides is 1. The molecule has 8 atom stereocenters. The molecule has 0 aliphatic carbocycles. The van der Waals surface area contributed by atoms with Crippen molar-refractivity contribution in [2.24, 2.45) is 0 Å². The van der Waals surface area contributed by atoms with Crippen molar-refractivity contribution < 1.29 is 49.3 Å². The van der Waals surface area contributed by atoms with Crippen molar-refractivity contribution in [1.29, 1.82) is 0 Å². The molecule has 11 heteroatoms. The van der Waals surface area contributed by atoms with Crippen LogP contribution in [0.2, 0.25) is 0 Å². The van der Waals surface area contributed by atoms with E-state index in [2.05, 4.69) is 86.8 Å². The number of carbonyl (C=O) groups is 2. The topological polar surface area (TPSA) is 175 Å². The molecule has 0 spiro atoms. The molecule has 1 saturated heterocycles. The molecular formula is C67H119NO10. The van der Waals surface area contributed by atoms with Crippen molar-refractivity contribution in [3.8, 4) is 0 Å². The Labute approximate surface area is 477 Å². The van der Waals surface area contributed by atoms with Gasteiger partial charge < -0.3 is 45.1 Å². The average Bonchev–Trinajstić information content (AvgIpc) is 3.45. The van der Waals surface area contributed by atoms with Crippen molar-refractivity contribution in [3.63, 3.8) is 0 Å². The normalized spacial score (nSPS) is 19.4. The van der Waals surface area contributed by atoms with Crippen molar-refractivity contribution in [2.45, 2.75) is 327 Å². The SMILES string of the molecule is CC/C=C\C/C=C\C/C=C\C/C=C\C/C=C\CCCCCC(=O)OC1C(OCC(NC(=O)C(O)CCCCCCCCCCCCCCCCCCCC)C(O)/C=C/CCCCCCCCCCCC)OC(CO)C(O)C1O. The van der Waals surface area contributed by atoms with E-state index in [0.29, 0.717) is 12.8 Å². The summed E-state index contributed by atoms with van der Waals surface area (Å²) < 4.78 is 17.6. The molecule has 0 aromatic heterocycles. The Balaban J connectivity index is 2.68. The van der Waals surface area contributed by atoms with Gasteiger partial charge in [-0.2, -0.15) is 0 Å². The monoisotopic (exact) mass is 1100 g/mol. The molecule has 0 aromatic carbocycles. The van der Waals surface area contributed by atoms with Crippen LogP contribution in [0, 0.1) is 0 Å². The Hall–Kier alpha value is -2.90. The maximum atomic E-state index is 13.4. The second-order valence-electron chi connectivity index (χ2n) is 22.1. The number of esters is 1. The zero-order valence-electron chi connectivity index (χ0n) is 50.0. The third kappa shape index (κ3) is 42.0. The number of carbonyl (C=O) groups excluding carboxylic acids is 2. The number of allylic oxidation sites excluding steroid dienone is 11. The molecule has 1 fully saturated rings. The van der Waals surface area contributed by atoms with Gasteiger partial charge in [0, 0.05) is 6.42 Å². The maximum Gasteiger partial charge on any atom is 0.306 e. The largest absolute Gasteiger partial charge is 0.454 e. The molecule has 0 aromatic rings. The van der Waals surface area contributed by atoms with Crippen LogP contribution in [0.1, 0.15) is 278 Å². The summed E-state index contributed by atoms with van der Waals surface area (Å²) in [4.78, 5) is 26.6. The van der Waals surface area contributed by atoms with Gasteiger partial charge in [0.25, 0.3) is 0 Å². The Morgan fingerprint density at radius 3 is 1.38 bits per heavy atom. The second kappa shape index (κ2) is 54.7. The minimum Gasteiger partial charge on any atom is -0.454 e. The van der Waals surface area contributed by atoms with Gasteiger partial charge in [-0.25, -0.2) is 0 Å². The first kappa shape index (κ1) is 73.1. The van der Waals surface area contributed by atoms with Gasteiger partial charge in [0.15, 0.2) is 12.4 Å². The van der Waals surface area contributed by atoms with Gasteiger partial charge in [0.1, 0.15) is 24.4 Å². The highest BCUT2D eigenvalue weighted by Gasteiger charge is 2.47. The zero-order valence-corrected chi connectivity index (χ0v) is 50.0. The van der Waals surface area contributed by atoms with Gasteiger partial charge in [0.2, 0.25) is 5.91 Å². The van der Waals surface area contributed by atoms with Crippen LogP contribution in [-0.4, -0.2) is 99.6 Å². The average molecular weight is 1100 g/mol. The number of hydrogen-bond donors (Lipinski definition) is 6. The van der Waals surface area contributed by atoms with Crippen LogP contribution >= 0.6 is 0 Å². The predicted octanol–water partition coefficient (Wildman–Crippen LogP) is 15.6. The zero-order chi connectivity index (χ0) is 56.8. The van der Waals surface area contributed by atoms with Gasteiger partial charge >= 0.3 is 5.97 Å². The van der Waals surface area contributed by atoms with Crippen molar-refractivity contribution in [3.05, 3.63) is 72.9 Å². The Morgan fingerprint density at radius 1 is 0.513 bits per heavy atom. The molecule has 1 aliphatic heterocycles. The number of unbranched alkanes of at least 4 members (excludes halogenated alkanes) is 30. The fraction of sp³-hybridized carbons (Fsp3) is 0.791. The van der Waals surface area contributed by atoms with E-state index < -0.39 is 67.4 Å². The summed E-state index contributed by atoms with van der Waals surface area (Å²) in [5.41, 5.74) is 0. The van der Waals surface area contributed by atoms with E-state index in [4.69, 9.17) is 14.2 Å². The Bertz CT molecular complexity index is 1540. The summed E-state index contributed by atoms with van der Waals surface area (Å²) >= 11 is 0. The van der Waals surface area contributed by atoms with Crippen LogP contribution in [0.25, 0.3) is 0 Å². The third-order valence-electron chi connectivity index (χ3n) is 14.9. The Morgan fingerprint density at radius 2 is 0.923 bits per heavy atom. The number of nitrogens with one attached hydrogen (secondary N) is 1. The molecule has 1 rings (SSSR count). The number of aliphatic hydroxyl groups is 5. The summed E-state index contributed by atoms with van der Waals surface area (Å²) in [6.45, 7) is 5.67. The van der Waals surface area contributed by atoms with Crippen LogP contribution in [-0.2, 0) is 23.8 Å². The van der Waals surface area contributed by atoms with E-state index in [0.717, 1.165) is 89.9 Å². The molecule has 1 aliphatic rings. The van der Waals surface area contributed by atoms with Gasteiger partial charge in [-0.1, -0.05) is 273 Å². The van der Waals surface area contributed by atoms with Crippen LogP contribution in [0.4, 0.5) is 0 Å². The minimum atomic E-state index is -1.63. The first-order chi connectivity index (χ1) is 38.2. The van der Waals surface area contributed by atoms with E-state index >= 15 is 0 Å². The lowest BCUT2D eigenvalue weighted by Crippen LogP contribution is -2.61. The molecule has 78 heavy (non-hydrogen) atoms. The van der Waals surface area contributed by atoms with Crippen molar-refractivity contribution in [1.82, 2.24) is 5.32 Å². The lowest BCUT2D eigenvalue weighted by molar-refractivity contribution is -0.305. The molecule has 8 unspecified atom stereocenters. The van der Waals surface area contributed by atoms with Crippen LogP contribution in [0.5, 0.6) is 0 Å². The maximum absolute atomic E-state index is 13.4. The summed E-state index contributed by atoms with van der Waals surface area (Å²) in [6.07, 6.45) is 59.4. The summed E-state index contributed by atoms with van der Waals surface area (Å²) in [6, 6.07) is -1.03. The summed E-state index contributed by atoms with van der Waals surface area (Å²) in [5.74, 6) is -1.22. The summed E-state index contributed by atoms with van der Waals surface area (Å²) in [7, 11) is 0. The molecule has 0 radical (unpaired) electrons. The molecule has 1 amide bonds. The van der Waals surface area contributed by atoms with Crippen LogP contribution in [0.3, 0.4) is 0 Å².